The molecule has 206 valence electrons. The minimum atomic E-state index is -0.973. The third kappa shape index (κ3) is 8.16. The first kappa shape index (κ1) is 28.9. The molecule has 11 heteroatoms. The quantitative estimate of drug-likeness (QED) is 0.167. The van der Waals surface area contributed by atoms with Crippen LogP contribution >= 0.6 is 0 Å². The summed E-state index contributed by atoms with van der Waals surface area (Å²) in [5.41, 5.74) is 0.222. The molecule has 0 bridgehead atoms. The van der Waals surface area contributed by atoms with Gasteiger partial charge in [-0.15, -0.1) is 0 Å². The SMILES string of the molecule is COc1c(-c2ccc(OC(=O)CCCCC(=O)O)c(OC(=O)CCCCC(=O)O)c2)oc2ccccc2c1=O. The van der Waals surface area contributed by atoms with E-state index in [1.54, 1.807) is 24.3 Å². The predicted octanol–water partition coefficient (Wildman–Crippen LogP) is 4.57. The van der Waals surface area contributed by atoms with Gasteiger partial charge in [-0.05, 0) is 56.0 Å². The van der Waals surface area contributed by atoms with Gasteiger partial charge in [0.05, 0.1) is 12.5 Å². The molecule has 2 N–H and O–H groups in total. The van der Waals surface area contributed by atoms with Crippen molar-refractivity contribution in [3.8, 4) is 28.6 Å². The monoisotopic (exact) mass is 540 g/mol. The lowest BCUT2D eigenvalue weighted by molar-refractivity contribution is -0.139. The average molecular weight is 541 g/mol. The Morgan fingerprint density at radius 3 is 1.92 bits per heavy atom. The van der Waals surface area contributed by atoms with Crippen LogP contribution in [-0.4, -0.2) is 41.2 Å². The van der Waals surface area contributed by atoms with Crippen molar-refractivity contribution in [3.05, 3.63) is 52.7 Å². The molecule has 0 radical (unpaired) electrons. The molecule has 0 unspecified atom stereocenters. The maximum absolute atomic E-state index is 13.0. The third-order valence-corrected chi connectivity index (χ3v) is 5.66. The van der Waals surface area contributed by atoms with Gasteiger partial charge < -0.3 is 28.8 Å². The van der Waals surface area contributed by atoms with Crippen molar-refractivity contribution in [1.29, 1.82) is 0 Å². The van der Waals surface area contributed by atoms with Crippen LogP contribution in [0.5, 0.6) is 17.2 Å². The lowest BCUT2D eigenvalue weighted by atomic mass is 10.1. The summed E-state index contributed by atoms with van der Waals surface area (Å²) in [5.74, 6) is -3.44. The van der Waals surface area contributed by atoms with Gasteiger partial charge in [0.2, 0.25) is 11.2 Å². The van der Waals surface area contributed by atoms with Gasteiger partial charge >= 0.3 is 23.9 Å². The van der Waals surface area contributed by atoms with Crippen molar-refractivity contribution in [2.45, 2.75) is 51.4 Å². The summed E-state index contributed by atoms with van der Waals surface area (Å²) < 4.78 is 22.1. The first-order chi connectivity index (χ1) is 18.7. The van der Waals surface area contributed by atoms with E-state index in [1.807, 2.05) is 0 Å². The van der Waals surface area contributed by atoms with E-state index in [-0.39, 0.29) is 61.5 Å². The largest absolute Gasteiger partial charge is 0.490 e. The number of hydrogen-bond acceptors (Lipinski definition) is 9. The summed E-state index contributed by atoms with van der Waals surface area (Å²) in [6.45, 7) is 0. The zero-order chi connectivity index (χ0) is 28.4. The number of carboxylic acids is 2. The van der Waals surface area contributed by atoms with E-state index >= 15 is 0 Å². The number of carbonyl (C=O) groups is 4. The zero-order valence-electron chi connectivity index (χ0n) is 21.3. The molecule has 0 fully saturated rings. The highest BCUT2D eigenvalue weighted by Gasteiger charge is 2.21. The molecular formula is C28H28O11. The minimum absolute atomic E-state index is 0.0506. The molecule has 0 aliphatic heterocycles. The maximum Gasteiger partial charge on any atom is 0.311 e. The fraction of sp³-hybridized carbons (Fsp3) is 0.321. The lowest BCUT2D eigenvalue weighted by Gasteiger charge is -2.14. The van der Waals surface area contributed by atoms with Crippen LogP contribution in [0.25, 0.3) is 22.3 Å². The Morgan fingerprint density at radius 2 is 1.33 bits per heavy atom. The van der Waals surface area contributed by atoms with Crippen molar-refractivity contribution in [1.82, 2.24) is 0 Å². The second-order valence-electron chi connectivity index (χ2n) is 8.60. The number of ether oxygens (including phenoxy) is 3. The Bertz CT molecular complexity index is 1420. The Hall–Kier alpha value is -4.67. The standard InChI is InChI=1S/C28H28O11/c1-36-28-26(35)18-8-2-3-9-19(18)39-27(28)17-14-15-20(37-24(33)12-6-4-10-22(29)30)21(16-17)38-25(34)13-7-5-11-23(31)32/h2-3,8-9,14-16H,4-7,10-13H2,1H3,(H,29,30)(H,31,32). The first-order valence-corrected chi connectivity index (χ1v) is 12.3. The number of fused-ring (bicyclic) bond motifs is 1. The van der Waals surface area contributed by atoms with Gasteiger partial charge in [0, 0.05) is 31.2 Å². The average Bonchev–Trinajstić information content (AvgIpc) is 2.90. The number of carbonyl (C=O) groups excluding carboxylic acids is 2. The lowest BCUT2D eigenvalue weighted by Crippen LogP contribution is -2.12. The van der Waals surface area contributed by atoms with Gasteiger partial charge in [-0.3, -0.25) is 24.0 Å². The summed E-state index contributed by atoms with van der Waals surface area (Å²) >= 11 is 0. The summed E-state index contributed by atoms with van der Waals surface area (Å²) in [5, 5.41) is 17.8. The van der Waals surface area contributed by atoms with Gasteiger partial charge in [-0.25, -0.2) is 0 Å². The molecule has 39 heavy (non-hydrogen) atoms. The van der Waals surface area contributed by atoms with Crippen LogP contribution in [0.2, 0.25) is 0 Å². The molecule has 0 aliphatic rings. The summed E-state index contributed by atoms with van der Waals surface area (Å²) in [6.07, 6.45) is 0.849. The number of esters is 2. The molecule has 11 nitrogen and oxygen atoms in total. The normalized spacial score (nSPS) is 10.7. The van der Waals surface area contributed by atoms with E-state index in [0.29, 0.717) is 29.4 Å². The number of para-hydroxylation sites is 1. The molecule has 0 atom stereocenters. The molecule has 0 amide bonds. The fourth-order valence-electron chi connectivity index (χ4n) is 3.75. The highest BCUT2D eigenvalue weighted by atomic mass is 16.6. The summed E-state index contributed by atoms with van der Waals surface area (Å²) in [7, 11) is 1.32. The summed E-state index contributed by atoms with van der Waals surface area (Å²) in [4.78, 5) is 59.2. The molecule has 3 rings (SSSR count). The summed E-state index contributed by atoms with van der Waals surface area (Å²) in [6, 6.07) is 10.9. The van der Waals surface area contributed by atoms with E-state index in [1.165, 1.54) is 25.3 Å². The second kappa shape index (κ2) is 13.8. The van der Waals surface area contributed by atoms with E-state index in [4.69, 9.17) is 28.8 Å². The Morgan fingerprint density at radius 1 is 0.769 bits per heavy atom. The van der Waals surface area contributed by atoms with Crippen LogP contribution in [0.15, 0.2) is 51.7 Å². The number of hydrogen-bond donors (Lipinski definition) is 2. The van der Waals surface area contributed by atoms with Crippen LogP contribution in [0.1, 0.15) is 51.4 Å². The number of unbranched alkanes of at least 4 members (excludes halogenated alkanes) is 2. The molecule has 1 aromatic heterocycles. The van der Waals surface area contributed by atoms with Gasteiger partial charge in [-0.2, -0.15) is 0 Å². The van der Waals surface area contributed by atoms with Gasteiger partial charge in [-0.1, -0.05) is 12.1 Å². The third-order valence-electron chi connectivity index (χ3n) is 5.66. The highest BCUT2D eigenvalue weighted by Crippen LogP contribution is 2.37. The topological polar surface area (TPSA) is 167 Å². The Labute approximate surface area is 222 Å². The van der Waals surface area contributed by atoms with Crippen LogP contribution in [-0.2, 0) is 19.2 Å². The van der Waals surface area contributed by atoms with Gasteiger partial charge in [0.25, 0.3) is 0 Å². The molecule has 0 saturated heterocycles. The van der Waals surface area contributed by atoms with Crippen molar-refractivity contribution >= 4 is 34.8 Å². The van der Waals surface area contributed by atoms with Crippen molar-refractivity contribution in [2.24, 2.45) is 0 Å². The molecule has 1 heterocycles. The minimum Gasteiger partial charge on any atom is -0.490 e. The molecule has 0 spiro atoms. The predicted molar refractivity (Wildman–Crippen MR) is 138 cm³/mol. The van der Waals surface area contributed by atoms with Crippen molar-refractivity contribution < 1.29 is 48.0 Å². The van der Waals surface area contributed by atoms with Gasteiger partial charge in [0.15, 0.2) is 17.3 Å². The van der Waals surface area contributed by atoms with E-state index in [9.17, 15) is 24.0 Å². The van der Waals surface area contributed by atoms with E-state index in [0.717, 1.165) is 0 Å². The van der Waals surface area contributed by atoms with Crippen molar-refractivity contribution in [2.75, 3.05) is 7.11 Å². The Kier molecular flexibility index (Phi) is 10.2. The molecule has 3 aromatic rings. The van der Waals surface area contributed by atoms with Crippen LogP contribution < -0.4 is 19.6 Å². The smallest absolute Gasteiger partial charge is 0.311 e. The number of methoxy groups -OCH3 is 1. The molecule has 0 aliphatic carbocycles. The Balaban J connectivity index is 1.90. The van der Waals surface area contributed by atoms with E-state index in [2.05, 4.69) is 0 Å². The number of benzene rings is 2. The number of rotatable bonds is 14. The second-order valence-corrected chi connectivity index (χ2v) is 8.60. The van der Waals surface area contributed by atoms with Crippen LogP contribution in [0, 0.1) is 0 Å². The highest BCUT2D eigenvalue weighted by molar-refractivity contribution is 5.83. The molecular weight excluding hydrogens is 512 g/mol. The fourth-order valence-corrected chi connectivity index (χ4v) is 3.75. The van der Waals surface area contributed by atoms with Crippen LogP contribution in [0.4, 0.5) is 0 Å². The van der Waals surface area contributed by atoms with E-state index < -0.39 is 29.3 Å². The number of carboxylic acid groups (broad SMARTS) is 2. The number of aliphatic carboxylic acids is 2. The zero-order valence-corrected chi connectivity index (χ0v) is 21.3. The van der Waals surface area contributed by atoms with Gasteiger partial charge in [0.1, 0.15) is 5.58 Å². The first-order valence-electron chi connectivity index (χ1n) is 12.3. The van der Waals surface area contributed by atoms with Crippen molar-refractivity contribution in [3.63, 3.8) is 0 Å². The van der Waals surface area contributed by atoms with Crippen LogP contribution in [0.3, 0.4) is 0 Å². The molecule has 0 saturated carbocycles. The molecule has 2 aromatic carbocycles. The maximum atomic E-state index is 13.0.